The Balaban J connectivity index is 1.55. The molecule has 5 nitrogen and oxygen atoms in total. The summed E-state index contributed by atoms with van der Waals surface area (Å²) in [5.41, 5.74) is 4.68. The molecule has 2 aromatic carbocycles. The highest BCUT2D eigenvalue weighted by atomic mass is 32.2. The minimum Gasteiger partial charge on any atom is -0.326 e. The summed E-state index contributed by atoms with van der Waals surface area (Å²) in [5, 5.41) is 6.59. The van der Waals surface area contributed by atoms with E-state index < -0.39 is 0 Å². The molecule has 150 valence electrons. The van der Waals surface area contributed by atoms with Gasteiger partial charge in [0, 0.05) is 29.1 Å². The summed E-state index contributed by atoms with van der Waals surface area (Å²) in [7, 11) is 0. The van der Waals surface area contributed by atoms with Crippen LogP contribution >= 0.6 is 23.1 Å². The Hall–Kier alpha value is -3.03. The molecule has 1 amide bonds. The molecule has 7 heteroatoms. The predicted octanol–water partition coefficient (Wildman–Crippen LogP) is 5.60. The highest BCUT2D eigenvalue weighted by Crippen LogP contribution is 2.38. The Morgan fingerprint density at radius 2 is 1.77 bits per heavy atom. The normalized spacial score (nSPS) is 10.9. The topological polar surface area (TPSA) is 72.0 Å². The van der Waals surface area contributed by atoms with Gasteiger partial charge in [-0.15, -0.1) is 11.3 Å². The SMILES string of the molecule is CC(=O)Nc1ccc(C(=O)CSc2ncnc3scc(-c4ccc(C)cc4)c23)cc1. The molecule has 0 saturated carbocycles. The van der Waals surface area contributed by atoms with Crippen molar-refractivity contribution in [3.05, 3.63) is 71.4 Å². The summed E-state index contributed by atoms with van der Waals surface area (Å²) in [6.07, 6.45) is 1.55. The van der Waals surface area contributed by atoms with Gasteiger partial charge in [-0.3, -0.25) is 9.59 Å². The fourth-order valence-corrected chi connectivity index (χ4v) is 4.95. The summed E-state index contributed by atoms with van der Waals surface area (Å²) in [6, 6.07) is 15.3. The van der Waals surface area contributed by atoms with Crippen molar-refractivity contribution in [1.29, 1.82) is 0 Å². The van der Waals surface area contributed by atoms with Gasteiger partial charge >= 0.3 is 0 Å². The molecule has 0 atom stereocenters. The van der Waals surface area contributed by atoms with Crippen LogP contribution in [0.4, 0.5) is 5.69 Å². The molecular formula is C23H19N3O2S2. The number of amides is 1. The third-order valence-electron chi connectivity index (χ3n) is 4.57. The quantitative estimate of drug-likeness (QED) is 0.243. The van der Waals surface area contributed by atoms with Gasteiger partial charge in [0.1, 0.15) is 16.2 Å². The Bertz CT molecular complexity index is 1220. The van der Waals surface area contributed by atoms with Gasteiger partial charge in [0.15, 0.2) is 5.78 Å². The number of nitrogens with zero attached hydrogens (tertiary/aromatic N) is 2. The Kier molecular flexibility index (Phi) is 5.92. The third kappa shape index (κ3) is 4.42. The number of anilines is 1. The van der Waals surface area contributed by atoms with E-state index in [0.29, 0.717) is 11.3 Å². The number of aryl methyl sites for hydroxylation is 1. The highest BCUT2D eigenvalue weighted by Gasteiger charge is 2.15. The highest BCUT2D eigenvalue weighted by molar-refractivity contribution is 8.00. The molecule has 2 heterocycles. The van der Waals surface area contributed by atoms with Crippen LogP contribution in [0.5, 0.6) is 0 Å². The Morgan fingerprint density at radius 1 is 1.03 bits per heavy atom. The van der Waals surface area contributed by atoms with Crippen LogP contribution in [0.15, 0.2) is 65.3 Å². The molecule has 1 N–H and O–H groups in total. The lowest BCUT2D eigenvalue weighted by atomic mass is 10.1. The molecule has 2 aromatic heterocycles. The molecule has 0 fully saturated rings. The number of carbonyl (C=O) groups is 2. The molecule has 4 aromatic rings. The number of hydrogen-bond donors (Lipinski definition) is 1. The maximum atomic E-state index is 12.7. The van der Waals surface area contributed by atoms with Gasteiger partial charge < -0.3 is 5.32 Å². The number of hydrogen-bond acceptors (Lipinski definition) is 6. The van der Waals surface area contributed by atoms with Gasteiger partial charge in [0.2, 0.25) is 5.91 Å². The monoisotopic (exact) mass is 433 g/mol. The number of thiophene rings is 1. The molecule has 0 aliphatic rings. The number of ketones is 1. The smallest absolute Gasteiger partial charge is 0.221 e. The van der Waals surface area contributed by atoms with E-state index in [4.69, 9.17) is 0 Å². The average Bonchev–Trinajstić information content (AvgIpc) is 3.17. The fourth-order valence-electron chi connectivity index (χ4n) is 3.06. The second-order valence-corrected chi connectivity index (χ2v) is 8.67. The molecule has 0 aliphatic carbocycles. The first-order chi connectivity index (χ1) is 14.5. The number of rotatable bonds is 6. The zero-order valence-electron chi connectivity index (χ0n) is 16.5. The lowest BCUT2D eigenvalue weighted by Crippen LogP contribution is -2.07. The second-order valence-electron chi connectivity index (χ2n) is 6.84. The van der Waals surface area contributed by atoms with Crippen molar-refractivity contribution in [1.82, 2.24) is 9.97 Å². The van der Waals surface area contributed by atoms with Crippen LogP contribution in [0.2, 0.25) is 0 Å². The maximum absolute atomic E-state index is 12.7. The van der Waals surface area contributed by atoms with Crippen LogP contribution < -0.4 is 5.32 Å². The molecular weight excluding hydrogens is 414 g/mol. The Labute approximate surface area is 182 Å². The van der Waals surface area contributed by atoms with E-state index >= 15 is 0 Å². The van der Waals surface area contributed by atoms with E-state index in [1.165, 1.54) is 24.2 Å². The van der Waals surface area contributed by atoms with Gasteiger partial charge in [0.25, 0.3) is 0 Å². The van der Waals surface area contributed by atoms with Gasteiger partial charge in [-0.1, -0.05) is 41.6 Å². The Morgan fingerprint density at radius 3 is 2.47 bits per heavy atom. The van der Waals surface area contributed by atoms with E-state index in [2.05, 4.69) is 51.9 Å². The van der Waals surface area contributed by atoms with Crippen molar-refractivity contribution in [2.75, 3.05) is 11.1 Å². The first-order valence-electron chi connectivity index (χ1n) is 9.34. The van der Waals surface area contributed by atoms with Crippen LogP contribution in [0.25, 0.3) is 21.3 Å². The molecule has 30 heavy (non-hydrogen) atoms. The van der Waals surface area contributed by atoms with E-state index in [1.807, 2.05) is 0 Å². The molecule has 0 bridgehead atoms. The minimum atomic E-state index is -0.141. The van der Waals surface area contributed by atoms with Crippen LogP contribution in [0.1, 0.15) is 22.8 Å². The molecule has 0 unspecified atom stereocenters. The van der Waals surface area contributed by atoms with Crippen LogP contribution in [0, 0.1) is 6.92 Å². The maximum Gasteiger partial charge on any atom is 0.221 e. The summed E-state index contributed by atoms with van der Waals surface area (Å²) >= 11 is 3.00. The van der Waals surface area contributed by atoms with Crippen LogP contribution in [0.3, 0.4) is 0 Å². The summed E-state index contributed by atoms with van der Waals surface area (Å²) in [6.45, 7) is 3.52. The molecule has 0 aliphatic heterocycles. The number of carbonyl (C=O) groups excluding carboxylic acids is 2. The van der Waals surface area contributed by atoms with Crippen molar-refractivity contribution < 1.29 is 9.59 Å². The van der Waals surface area contributed by atoms with Crippen LogP contribution in [-0.4, -0.2) is 27.4 Å². The molecule has 0 radical (unpaired) electrons. The van der Waals surface area contributed by atoms with E-state index in [1.54, 1.807) is 41.9 Å². The zero-order chi connectivity index (χ0) is 21.1. The number of fused-ring (bicyclic) bond motifs is 1. The van der Waals surface area contributed by atoms with Crippen molar-refractivity contribution in [2.24, 2.45) is 0 Å². The zero-order valence-corrected chi connectivity index (χ0v) is 18.1. The minimum absolute atomic E-state index is 0.00764. The van der Waals surface area contributed by atoms with Crippen molar-refractivity contribution in [3.63, 3.8) is 0 Å². The van der Waals surface area contributed by atoms with Gasteiger partial charge in [-0.25, -0.2) is 9.97 Å². The lowest BCUT2D eigenvalue weighted by Gasteiger charge is -2.06. The second kappa shape index (κ2) is 8.77. The summed E-state index contributed by atoms with van der Waals surface area (Å²) < 4.78 is 0. The largest absolute Gasteiger partial charge is 0.326 e. The first-order valence-corrected chi connectivity index (χ1v) is 11.2. The van der Waals surface area contributed by atoms with Crippen molar-refractivity contribution >= 4 is 50.7 Å². The number of benzene rings is 2. The molecule has 0 spiro atoms. The molecule has 0 saturated heterocycles. The number of thioether (sulfide) groups is 1. The van der Waals surface area contributed by atoms with Gasteiger partial charge in [-0.05, 0) is 36.8 Å². The summed E-state index contributed by atoms with van der Waals surface area (Å²) in [5.74, 6) is 0.139. The van der Waals surface area contributed by atoms with E-state index in [9.17, 15) is 9.59 Å². The lowest BCUT2D eigenvalue weighted by molar-refractivity contribution is -0.114. The number of Topliss-reactive ketones (excluding diaryl/α,β-unsaturated/α-hetero) is 1. The standard InChI is InChI=1S/C23H19N3O2S2/c1-14-3-5-16(6-4-14)19-11-29-22-21(19)23(25-13-24-22)30-12-20(28)17-7-9-18(10-8-17)26-15(2)27/h3-11,13H,12H2,1-2H3,(H,26,27). The van der Waals surface area contributed by atoms with Gasteiger partial charge in [0.05, 0.1) is 11.1 Å². The third-order valence-corrected chi connectivity index (χ3v) is 6.44. The number of nitrogens with one attached hydrogen (secondary N) is 1. The van der Waals surface area contributed by atoms with Crippen molar-refractivity contribution in [2.45, 2.75) is 18.9 Å². The number of aromatic nitrogens is 2. The predicted molar refractivity (Wildman–Crippen MR) is 123 cm³/mol. The first kappa shape index (κ1) is 20.3. The summed E-state index contributed by atoms with van der Waals surface area (Å²) in [4.78, 5) is 33.6. The van der Waals surface area contributed by atoms with E-state index in [-0.39, 0.29) is 17.4 Å². The van der Waals surface area contributed by atoms with Crippen molar-refractivity contribution in [3.8, 4) is 11.1 Å². The van der Waals surface area contributed by atoms with Gasteiger partial charge in [-0.2, -0.15) is 0 Å². The van der Waals surface area contributed by atoms with E-state index in [0.717, 1.165) is 26.4 Å². The molecule has 4 rings (SSSR count). The average molecular weight is 434 g/mol. The van der Waals surface area contributed by atoms with Crippen LogP contribution in [-0.2, 0) is 4.79 Å². The fraction of sp³-hybridized carbons (Fsp3) is 0.130.